The van der Waals surface area contributed by atoms with Crippen LogP contribution >= 0.6 is 0 Å². The third-order valence-electron chi connectivity index (χ3n) is 2.56. The first-order valence-corrected chi connectivity index (χ1v) is 6.74. The fourth-order valence-corrected chi connectivity index (χ4v) is 1.33. The summed E-state index contributed by atoms with van der Waals surface area (Å²) in [5, 5.41) is 0. The summed E-state index contributed by atoms with van der Waals surface area (Å²) in [6.45, 7) is 8.09. The van der Waals surface area contributed by atoms with Crippen molar-refractivity contribution < 1.29 is 18.7 Å². The van der Waals surface area contributed by atoms with Gasteiger partial charge in [-0.25, -0.2) is 4.39 Å². The molecule has 0 aliphatic carbocycles. The molecule has 1 aromatic rings. The summed E-state index contributed by atoms with van der Waals surface area (Å²) in [6.07, 6.45) is 2.31. The second-order valence-electron chi connectivity index (χ2n) is 4.38. The Morgan fingerprint density at radius 2 is 2.15 bits per heavy atom. The predicted molar refractivity (Wildman–Crippen MR) is 75.9 cm³/mol. The molecule has 0 radical (unpaired) electrons. The van der Waals surface area contributed by atoms with Crippen molar-refractivity contribution in [3.63, 3.8) is 0 Å². The van der Waals surface area contributed by atoms with E-state index in [1.807, 2.05) is 20.8 Å². The molecule has 0 aromatic heterocycles. The van der Waals surface area contributed by atoms with Crippen LogP contribution in [0.5, 0.6) is 11.5 Å². The van der Waals surface area contributed by atoms with Crippen LogP contribution in [-0.4, -0.2) is 12.7 Å². The van der Waals surface area contributed by atoms with Crippen LogP contribution in [0, 0.1) is 5.82 Å². The van der Waals surface area contributed by atoms with Crippen molar-refractivity contribution in [3.8, 4) is 11.5 Å². The molecule has 0 saturated heterocycles. The highest BCUT2D eigenvalue weighted by molar-refractivity contribution is 5.33. The van der Waals surface area contributed by atoms with Gasteiger partial charge in [-0.1, -0.05) is 6.92 Å². The molecule has 1 rings (SSSR count). The smallest absolute Gasteiger partial charge is 0.169 e. The Morgan fingerprint density at radius 3 is 2.75 bits per heavy atom. The maximum atomic E-state index is 13.8. The quantitative estimate of drug-likeness (QED) is 0.582. The maximum Gasteiger partial charge on any atom is 0.169 e. The normalized spacial score (nSPS) is 12.9. The number of hydroxylamine groups is 1. The molecule has 112 valence electrons. The number of ether oxygens (including phenoxy) is 2. The molecule has 0 aliphatic heterocycles. The number of rotatable bonds is 8. The van der Waals surface area contributed by atoms with Gasteiger partial charge in [-0.2, -0.15) is 0 Å². The van der Waals surface area contributed by atoms with Gasteiger partial charge in [0.2, 0.25) is 0 Å². The summed E-state index contributed by atoms with van der Waals surface area (Å²) in [5.41, 5.74) is 3.30. The molecule has 1 aromatic carbocycles. The van der Waals surface area contributed by atoms with Crippen LogP contribution in [-0.2, 0) is 4.84 Å². The molecule has 0 amide bonds. The first-order chi connectivity index (χ1) is 9.56. The first-order valence-electron chi connectivity index (χ1n) is 6.74. The maximum absolute atomic E-state index is 13.8. The molecule has 0 heterocycles. The van der Waals surface area contributed by atoms with E-state index >= 15 is 0 Å². The van der Waals surface area contributed by atoms with E-state index in [1.165, 1.54) is 18.4 Å². The summed E-state index contributed by atoms with van der Waals surface area (Å²) >= 11 is 0. The predicted octanol–water partition coefficient (Wildman–Crippen LogP) is 3.78. The average Bonchev–Trinajstić information content (AvgIpc) is 2.44. The Bertz CT molecular complexity index is 449. The van der Waals surface area contributed by atoms with Crippen LogP contribution in [0.4, 0.5) is 4.39 Å². The molecule has 0 bridgehead atoms. The van der Waals surface area contributed by atoms with Crippen molar-refractivity contribution in [2.75, 3.05) is 6.61 Å². The van der Waals surface area contributed by atoms with Crippen LogP contribution in [0.15, 0.2) is 30.2 Å². The van der Waals surface area contributed by atoms with Gasteiger partial charge in [0, 0.05) is 6.07 Å². The molecule has 0 spiro atoms. The van der Waals surface area contributed by atoms with E-state index in [4.69, 9.17) is 14.3 Å². The monoisotopic (exact) mass is 283 g/mol. The molecule has 0 aliphatic rings. The van der Waals surface area contributed by atoms with E-state index in [1.54, 1.807) is 13.0 Å². The Hall–Kier alpha value is -1.75. The minimum absolute atomic E-state index is 0.0544. The lowest BCUT2D eigenvalue weighted by atomic mass is 10.3. The number of nitrogens with one attached hydrogen (secondary N) is 1. The van der Waals surface area contributed by atoms with Crippen LogP contribution in [0.1, 0.15) is 34.1 Å². The summed E-state index contributed by atoms with van der Waals surface area (Å²) in [6, 6.07) is 4.54. The molecule has 4 nitrogen and oxygen atoms in total. The highest BCUT2D eigenvalue weighted by atomic mass is 19.1. The van der Waals surface area contributed by atoms with Gasteiger partial charge in [-0.15, -0.1) is 0 Å². The SMILES string of the molecule is CCONC(C)=COc1ccc(OC(C)CC)cc1F. The summed E-state index contributed by atoms with van der Waals surface area (Å²) in [4.78, 5) is 4.98. The highest BCUT2D eigenvalue weighted by Gasteiger charge is 2.07. The van der Waals surface area contributed by atoms with Gasteiger partial charge in [-0.3, -0.25) is 10.3 Å². The van der Waals surface area contributed by atoms with Crippen LogP contribution < -0.4 is 15.0 Å². The molecule has 20 heavy (non-hydrogen) atoms. The van der Waals surface area contributed by atoms with Crippen LogP contribution in [0.3, 0.4) is 0 Å². The Balaban J connectivity index is 2.64. The number of hydrogen-bond donors (Lipinski definition) is 1. The van der Waals surface area contributed by atoms with Crippen LogP contribution in [0.25, 0.3) is 0 Å². The van der Waals surface area contributed by atoms with Gasteiger partial charge < -0.3 is 9.47 Å². The highest BCUT2D eigenvalue weighted by Crippen LogP contribution is 2.24. The molecule has 5 heteroatoms. The second kappa shape index (κ2) is 8.43. The zero-order chi connectivity index (χ0) is 15.0. The Kier molecular flexibility index (Phi) is 6.87. The topological polar surface area (TPSA) is 39.7 Å². The minimum Gasteiger partial charge on any atom is -0.491 e. The van der Waals surface area contributed by atoms with Gasteiger partial charge in [-0.05, 0) is 39.3 Å². The lowest BCUT2D eigenvalue weighted by Crippen LogP contribution is -2.12. The largest absolute Gasteiger partial charge is 0.491 e. The lowest BCUT2D eigenvalue weighted by molar-refractivity contribution is 0.0720. The minimum atomic E-state index is -0.466. The van der Waals surface area contributed by atoms with Crippen molar-refractivity contribution in [3.05, 3.63) is 36.0 Å². The van der Waals surface area contributed by atoms with Crippen molar-refractivity contribution in [2.45, 2.75) is 40.2 Å². The standard InChI is InChI=1S/C15H22FNO3/c1-5-12(4)20-13-7-8-15(14(16)9-13)18-10-11(3)17-19-6-2/h7-10,12,17H,5-6H2,1-4H3. The molecule has 1 atom stereocenters. The van der Waals surface area contributed by atoms with Crippen molar-refractivity contribution in [1.29, 1.82) is 0 Å². The molecule has 0 saturated carbocycles. The summed E-state index contributed by atoms with van der Waals surface area (Å²) in [7, 11) is 0. The number of hydrogen-bond acceptors (Lipinski definition) is 4. The number of allylic oxidation sites excluding steroid dienone is 1. The Morgan fingerprint density at radius 1 is 1.40 bits per heavy atom. The van der Waals surface area contributed by atoms with Gasteiger partial charge in [0.1, 0.15) is 12.0 Å². The number of halogens is 1. The van der Waals surface area contributed by atoms with E-state index in [9.17, 15) is 4.39 Å². The van der Waals surface area contributed by atoms with Crippen molar-refractivity contribution in [1.82, 2.24) is 5.48 Å². The molecule has 1 N–H and O–H groups in total. The average molecular weight is 283 g/mol. The first kappa shape index (κ1) is 16.3. The summed E-state index contributed by atoms with van der Waals surface area (Å²) in [5.74, 6) is 0.169. The van der Waals surface area contributed by atoms with E-state index in [-0.39, 0.29) is 11.9 Å². The molecular weight excluding hydrogens is 261 g/mol. The molecule has 1 unspecified atom stereocenters. The van der Waals surface area contributed by atoms with E-state index in [2.05, 4.69) is 5.48 Å². The lowest BCUT2D eigenvalue weighted by Gasteiger charge is -2.13. The third kappa shape index (κ3) is 5.48. The zero-order valence-corrected chi connectivity index (χ0v) is 12.4. The van der Waals surface area contributed by atoms with Gasteiger partial charge in [0.15, 0.2) is 11.6 Å². The van der Waals surface area contributed by atoms with Crippen molar-refractivity contribution >= 4 is 0 Å². The van der Waals surface area contributed by atoms with Crippen LogP contribution in [0.2, 0.25) is 0 Å². The van der Waals surface area contributed by atoms with Crippen molar-refractivity contribution in [2.24, 2.45) is 0 Å². The summed E-state index contributed by atoms with van der Waals surface area (Å²) < 4.78 is 24.6. The zero-order valence-electron chi connectivity index (χ0n) is 12.4. The van der Waals surface area contributed by atoms with Gasteiger partial charge >= 0.3 is 0 Å². The fourth-order valence-electron chi connectivity index (χ4n) is 1.33. The van der Waals surface area contributed by atoms with E-state index in [0.29, 0.717) is 18.1 Å². The Labute approximate surface area is 119 Å². The third-order valence-corrected chi connectivity index (χ3v) is 2.56. The molecule has 0 fully saturated rings. The van der Waals surface area contributed by atoms with Gasteiger partial charge in [0.05, 0.1) is 18.4 Å². The van der Waals surface area contributed by atoms with Gasteiger partial charge in [0.25, 0.3) is 0 Å². The van der Waals surface area contributed by atoms with E-state index in [0.717, 1.165) is 6.42 Å². The molecular formula is C15H22FNO3. The number of benzene rings is 1. The van der Waals surface area contributed by atoms with E-state index < -0.39 is 5.82 Å². The second-order valence-corrected chi connectivity index (χ2v) is 4.38. The fraction of sp³-hybridized carbons (Fsp3) is 0.467.